The summed E-state index contributed by atoms with van der Waals surface area (Å²) in [5, 5.41) is 0. The van der Waals surface area contributed by atoms with Crippen LogP contribution in [0, 0.1) is 0 Å². The number of rotatable bonds is 4. The average molecular weight is 161 g/mol. The lowest BCUT2D eigenvalue weighted by atomic mass is 10.3. The first-order valence-electron chi connectivity index (χ1n) is 4.41. The SMILES string of the molecule is CCC(CC)[P+](C)(C)CC. The van der Waals surface area contributed by atoms with Crippen molar-refractivity contribution >= 4 is 7.26 Å². The highest BCUT2D eigenvalue weighted by Crippen LogP contribution is 2.57. The van der Waals surface area contributed by atoms with Crippen LogP contribution in [0.4, 0.5) is 0 Å². The first kappa shape index (κ1) is 10.4. The molecule has 0 aromatic carbocycles. The van der Waals surface area contributed by atoms with Crippen molar-refractivity contribution < 1.29 is 0 Å². The van der Waals surface area contributed by atoms with Crippen molar-refractivity contribution in [1.82, 2.24) is 0 Å². The molecule has 0 amide bonds. The van der Waals surface area contributed by atoms with Crippen LogP contribution in [0.3, 0.4) is 0 Å². The lowest BCUT2D eigenvalue weighted by Crippen LogP contribution is -2.11. The zero-order chi connectivity index (χ0) is 8.20. The Morgan fingerprint density at radius 3 is 1.50 bits per heavy atom. The summed E-state index contributed by atoms with van der Waals surface area (Å²) in [6.45, 7) is 12.0. The first-order chi connectivity index (χ1) is 4.58. The predicted octanol–water partition coefficient (Wildman–Crippen LogP) is 3.47. The van der Waals surface area contributed by atoms with Gasteiger partial charge in [0.1, 0.15) is 0 Å². The summed E-state index contributed by atoms with van der Waals surface area (Å²) in [4.78, 5) is 0. The first-order valence-corrected chi connectivity index (χ1v) is 7.34. The topological polar surface area (TPSA) is 0 Å². The standard InChI is InChI=1S/C9H22P/c1-6-9(7-2)10(4,5)8-3/h9H,6-8H2,1-5H3/q+1. The van der Waals surface area contributed by atoms with E-state index in [4.69, 9.17) is 0 Å². The van der Waals surface area contributed by atoms with Crippen LogP contribution in [-0.4, -0.2) is 25.2 Å². The van der Waals surface area contributed by atoms with Crippen molar-refractivity contribution in [3.63, 3.8) is 0 Å². The molecule has 62 valence electrons. The lowest BCUT2D eigenvalue weighted by molar-refractivity contribution is 0.773. The Morgan fingerprint density at radius 2 is 1.40 bits per heavy atom. The summed E-state index contributed by atoms with van der Waals surface area (Å²) in [5.74, 6) is 0. The molecular formula is C9H22P+. The summed E-state index contributed by atoms with van der Waals surface area (Å²) < 4.78 is 0. The van der Waals surface area contributed by atoms with E-state index in [1.807, 2.05) is 0 Å². The Bertz CT molecular complexity index is 82.7. The third-order valence-corrected chi connectivity index (χ3v) is 7.08. The highest BCUT2D eigenvalue weighted by Gasteiger charge is 2.30. The van der Waals surface area contributed by atoms with Crippen LogP contribution in [0.5, 0.6) is 0 Å². The summed E-state index contributed by atoms with van der Waals surface area (Å²) in [5.41, 5.74) is 1.03. The molecule has 0 radical (unpaired) electrons. The van der Waals surface area contributed by atoms with Gasteiger partial charge < -0.3 is 0 Å². The van der Waals surface area contributed by atoms with E-state index in [0.717, 1.165) is 5.66 Å². The van der Waals surface area contributed by atoms with Crippen molar-refractivity contribution in [3.05, 3.63) is 0 Å². The third-order valence-electron chi connectivity index (χ3n) is 2.75. The van der Waals surface area contributed by atoms with Crippen molar-refractivity contribution in [3.8, 4) is 0 Å². The molecule has 0 aliphatic carbocycles. The molecule has 10 heavy (non-hydrogen) atoms. The van der Waals surface area contributed by atoms with Gasteiger partial charge in [0.05, 0.1) is 11.8 Å². The van der Waals surface area contributed by atoms with Gasteiger partial charge in [-0.15, -0.1) is 0 Å². The summed E-state index contributed by atoms with van der Waals surface area (Å²) >= 11 is 0. The maximum Gasteiger partial charge on any atom is 0.0687 e. The molecule has 0 aliphatic rings. The second-order valence-corrected chi connectivity index (χ2v) is 8.49. The van der Waals surface area contributed by atoms with Crippen LogP contribution in [-0.2, 0) is 0 Å². The van der Waals surface area contributed by atoms with Gasteiger partial charge in [0, 0.05) is 20.6 Å². The Kier molecular flexibility index (Phi) is 4.52. The minimum absolute atomic E-state index is 0.534. The molecule has 0 nitrogen and oxygen atoms in total. The average Bonchev–Trinajstić information content (AvgIpc) is 1.90. The molecule has 0 saturated carbocycles. The zero-order valence-corrected chi connectivity index (χ0v) is 9.04. The molecule has 0 rings (SSSR count). The highest BCUT2D eigenvalue weighted by atomic mass is 31.2. The predicted molar refractivity (Wildman–Crippen MR) is 53.7 cm³/mol. The van der Waals surface area contributed by atoms with Gasteiger partial charge in [0.15, 0.2) is 0 Å². The van der Waals surface area contributed by atoms with E-state index >= 15 is 0 Å². The van der Waals surface area contributed by atoms with Gasteiger partial charge in [0.2, 0.25) is 0 Å². The monoisotopic (exact) mass is 161 g/mol. The van der Waals surface area contributed by atoms with Gasteiger partial charge in [0.25, 0.3) is 0 Å². The second-order valence-electron chi connectivity index (χ2n) is 3.57. The Balaban J connectivity index is 3.97. The van der Waals surface area contributed by atoms with E-state index in [-0.39, 0.29) is 0 Å². The fraction of sp³-hybridized carbons (Fsp3) is 1.00. The van der Waals surface area contributed by atoms with Gasteiger partial charge in [-0.1, -0.05) is 13.8 Å². The Morgan fingerprint density at radius 1 is 1.00 bits per heavy atom. The van der Waals surface area contributed by atoms with E-state index < -0.39 is 7.26 Å². The van der Waals surface area contributed by atoms with Gasteiger partial charge in [-0.05, 0) is 19.8 Å². The minimum atomic E-state index is -0.534. The second kappa shape index (κ2) is 4.34. The van der Waals surface area contributed by atoms with Crippen LogP contribution in [0.2, 0.25) is 0 Å². The number of hydrogen-bond acceptors (Lipinski definition) is 0. The quantitative estimate of drug-likeness (QED) is 0.554. The summed E-state index contributed by atoms with van der Waals surface area (Å²) in [6.07, 6.45) is 4.18. The van der Waals surface area contributed by atoms with Crippen LogP contribution in [0.1, 0.15) is 33.6 Å². The summed E-state index contributed by atoms with van der Waals surface area (Å²) in [7, 11) is -0.534. The van der Waals surface area contributed by atoms with E-state index in [1.54, 1.807) is 0 Å². The fourth-order valence-corrected chi connectivity index (χ4v) is 4.03. The molecule has 0 aliphatic heterocycles. The van der Waals surface area contributed by atoms with E-state index in [1.165, 1.54) is 19.0 Å². The van der Waals surface area contributed by atoms with Crippen molar-refractivity contribution in [2.45, 2.75) is 39.3 Å². The maximum absolute atomic E-state index is 2.49. The third kappa shape index (κ3) is 2.58. The normalized spacial score (nSPS) is 12.6. The van der Waals surface area contributed by atoms with Crippen molar-refractivity contribution in [2.24, 2.45) is 0 Å². The van der Waals surface area contributed by atoms with Gasteiger partial charge >= 0.3 is 0 Å². The summed E-state index contributed by atoms with van der Waals surface area (Å²) in [6, 6.07) is 0. The molecular weight excluding hydrogens is 139 g/mol. The largest absolute Gasteiger partial charge is 0.0687 e. The molecule has 1 heteroatoms. The molecule has 0 N–H and O–H groups in total. The number of hydrogen-bond donors (Lipinski definition) is 0. The zero-order valence-electron chi connectivity index (χ0n) is 8.15. The lowest BCUT2D eigenvalue weighted by Gasteiger charge is -2.24. The Hall–Kier alpha value is 0.430. The molecule has 0 unspecified atom stereocenters. The van der Waals surface area contributed by atoms with Gasteiger partial charge in [-0.25, -0.2) is 0 Å². The van der Waals surface area contributed by atoms with Crippen LogP contribution < -0.4 is 0 Å². The smallest absolute Gasteiger partial charge is 0.0616 e. The van der Waals surface area contributed by atoms with Crippen molar-refractivity contribution in [2.75, 3.05) is 19.5 Å². The minimum Gasteiger partial charge on any atom is -0.0616 e. The fourth-order valence-electron chi connectivity index (χ4n) is 1.54. The molecule has 0 spiro atoms. The molecule has 0 saturated heterocycles. The molecule has 0 fully saturated rings. The van der Waals surface area contributed by atoms with Crippen LogP contribution in [0.25, 0.3) is 0 Å². The van der Waals surface area contributed by atoms with E-state index in [0.29, 0.717) is 0 Å². The van der Waals surface area contributed by atoms with Gasteiger partial charge in [-0.3, -0.25) is 0 Å². The van der Waals surface area contributed by atoms with Crippen molar-refractivity contribution in [1.29, 1.82) is 0 Å². The van der Waals surface area contributed by atoms with Gasteiger partial charge in [-0.2, -0.15) is 0 Å². The molecule has 0 heterocycles. The van der Waals surface area contributed by atoms with E-state index in [2.05, 4.69) is 34.1 Å². The maximum atomic E-state index is 2.49. The van der Waals surface area contributed by atoms with E-state index in [9.17, 15) is 0 Å². The van der Waals surface area contributed by atoms with Crippen LogP contribution >= 0.6 is 7.26 Å². The molecule has 0 atom stereocenters. The Labute approximate surface area is 66.7 Å². The molecule has 0 bridgehead atoms. The highest BCUT2D eigenvalue weighted by molar-refractivity contribution is 7.75. The van der Waals surface area contributed by atoms with Crippen LogP contribution in [0.15, 0.2) is 0 Å². The molecule has 0 aromatic rings. The molecule has 0 aromatic heterocycles.